The lowest BCUT2D eigenvalue weighted by atomic mass is 10.1. The van der Waals surface area contributed by atoms with E-state index in [9.17, 15) is 19.2 Å². The molecule has 0 aliphatic heterocycles. The topological polar surface area (TPSA) is 159 Å². The number of hydrogen-bond donors (Lipinski definition) is 6. The third-order valence-electron chi connectivity index (χ3n) is 5.58. The molecular weight excluding hydrogens is 504 g/mol. The molecule has 12 nitrogen and oxygen atoms in total. The zero-order valence-corrected chi connectivity index (χ0v) is 22.1. The lowest BCUT2D eigenvalue weighted by Crippen LogP contribution is -2.22. The van der Waals surface area contributed by atoms with Crippen LogP contribution in [0.1, 0.15) is 16.7 Å². The van der Waals surface area contributed by atoms with Crippen molar-refractivity contribution in [3.8, 4) is 0 Å². The van der Waals surface area contributed by atoms with E-state index in [1.54, 1.807) is 54.6 Å². The molecule has 0 bridgehead atoms. The average Bonchev–Trinajstić information content (AvgIpc) is 2.89. The molecule has 0 aromatic heterocycles. The SMILES string of the molecule is COC(=O)Nc1ccc(C)c(NC(=O)Nc2ccc(C)c(NC(=O)Nc3cc(NC(=O)OC)ccc3C)c2)c1. The van der Waals surface area contributed by atoms with E-state index in [-0.39, 0.29) is 0 Å². The first-order chi connectivity index (χ1) is 18.6. The standard InChI is InChI=1S/C27H30N6O6/c1-15-6-9-18(28-24(34)31-22-13-19(10-7-16(22)2)29-26(36)38-4)12-21(15)32-25(35)33-23-14-20(11-8-17(23)3)30-27(37)39-5/h6-14H,1-5H3,(H,29,36)(H,30,37)(H2,28,31,34)(H2,32,33,35). The highest BCUT2D eigenvalue weighted by Crippen LogP contribution is 2.24. The number of hydrogen-bond acceptors (Lipinski definition) is 6. The van der Waals surface area contributed by atoms with E-state index < -0.39 is 24.2 Å². The van der Waals surface area contributed by atoms with Crippen molar-refractivity contribution in [3.63, 3.8) is 0 Å². The lowest BCUT2D eigenvalue weighted by Gasteiger charge is -2.15. The van der Waals surface area contributed by atoms with Crippen LogP contribution >= 0.6 is 0 Å². The van der Waals surface area contributed by atoms with Gasteiger partial charge in [0.05, 0.1) is 14.2 Å². The Morgan fingerprint density at radius 3 is 1.13 bits per heavy atom. The number of urea groups is 2. The van der Waals surface area contributed by atoms with Gasteiger partial charge in [0.15, 0.2) is 0 Å². The van der Waals surface area contributed by atoms with E-state index in [2.05, 4.69) is 41.4 Å². The summed E-state index contributed by atoms with van der Waals surface area (Å²) in [6, 6.07) is 14.1. The van der Waals surface area contributed by atoms with E-state index >= 15 is 0 Å². The Morgan fingerprint density at radius 1 is 0.487 bits per heavy atom. The van der Waals surface area contributed by atoms with Gasteiger partial charge in [-0.25, -0.2) is 19.2 Å². The van der Waals surface area contributed by atoms with Gasteiger partial charge >= 0.3 is 24.2 Å². The molecule has 0 spiro atoms. The van der Waals surface area contributed by atoms with Crippen LogP contribution in [0.15, 0.2) is 54.6 Å². The van der Waals surface area contributed by atoms with Crippen LogP contribution in [0.25, 0.3) is 0 Å². The molecule has 6 amide bonds. The lowest BCUT2D eigenvalue weighted by molar-refractivity contribution is 0.186. The Morgan fingerprint density at radius 2 is 0.795 bits per heavy atom. The predicted octanol–water partition coefficient (Wildman–Crippen LogP) is 6.26. The molecule has 204 valence electrons. The molecule has 3 aromatic carbocycles. The van der Waals surface area contributed by atoms with E-state index in [4.69, 9.17) is 0 Å². The number of aryl methyl sites for hydroxylation is 3. The summed E-state index contributed by atoms with van der Waals surface area (Å²) in [5, 5.41) is 16.1. The molecule has 0 unspecified atom stereocenters. The van der Waals surface area contributed by atoms with Crippen LogP contribution < -0.4 is 31.9 Å². The van der Waals surface area contributed by atoms with E-state index in [1.165, 1.54) is 14.2 Å². The number of carbonyl (C=O) groups excluding carboxylic acids is 4. The zero-order chi connectivity index (χ0) is 28.5. The maximum absolute atomic E-state index is 12.7. The summed E-state index contributed by atoms with van der Waals surface area (Å²) < 4.78 is 9.19. The maximum Gasteiger partial charge on any atom is 0.411 e. The van der Waals surface area contributed by atoms with Gasteiger partial charge in [-0.15, -0.1) is 0 Å². The van der Waals surface area contributed by atoms with Gasteiger partial charge in [0, 0.05) is 34.1 Å². The van der Waals surface area contributed by atoms with Crippen molar-refractivity contribution >= 4 is 58.4 Å². The van der Waals surface area contributed by atoms with Gasteiger partial charge in [-0.05, 0) is 73.9 Å². The fraction of sp³-hybridized carbons (Fsp3) is 0.185. The highest BCUT2D eigenvalue weighted by Gasteiger charge is 2.12. The van der Waals surface area contributed by atoms with Gasteiger partial charge in [0.25, 0.3) is 0 Å². The first kappa shape index (κ1) is 28.3. The van der Waals surface area contributed by atoms with E-state index in [0.29, 0.717) is 34.1 Å². The van der Waals surface area contributed by atoms with E-state index in [1.807, 2.05) is 20.8 Å². The molecule has 0 aliphatic carbocycles. The summed E-state index contributed by atoms with van der Waals surface area (Å²) in [7, 11) is 2.52. The highest BCUT2D eigenvalue weighted by atomic mass is 16.5. The van der Waals surface area contributed by atoms with Gasteiger partial charge in [0.1, 0.15) is 0 Å². The van der Waals surface area contributed by atoms with Gasteiger partial charge in [0.2, 0.25) is 0 Å². The fourth-order valence-corrected chi connectivity index (χ4v) is 3.40. The largest absolute Gasteiger partial charge is 0.453 e. The number of amides is 6. The molecule has 0 fully saturated rings. The molecular formula is C27H30N6O6. The summed E-state index contributed by atoms with van der Waals surface area (Å²) in [6.07, 6.45) is -1.25. The average molecular weight is 535 g/mol. The number of rotatable bonds is 6. The van der Waals surface area contributed by atoms with Crippen LogP contribution in [0, 0.1) is 20.8 Å². The Balaban J connectivity index is 1.66. The van der Waals surface area contributed by atoms with Crippen molar-refractivity contribution in [1.29, 1.82) is 0 Å². The highest BCUT2D eigenvalue weighted by molar-refractivity contribution is 6.03. The summed E-state index contributed by atoms with van der Waals surface area (Å²) in [4.78, 5) is 48.4. The number of methoxy groups -OCH3 is 2. The minimum Gasteiger partial charge on any atom is -0.453 e. The summed E-state index contributed by atoms with van der Waals surface area (Å²) in [6.45, 7) is 5.44. The summed E-state index contributed by atoms with van der Waals surface area (Å²) in [5.74, 6) is 0. The van der Waals surface area contributed by atoms with E-state index in [0.717, 1.165) is 16.7 Å². The molecule has 0 heterocycles. The van der Waals surface area contributed by atoms with Crippen LogP contribution in [-0.4, -0.2) is 38.5 Å². The molecule has 39 heavy (non-hydrogen) atoms. The fourth-order valence-electron chi connectivity index (χ4n) is 3.40. The second kappa shape index (κ2) is 12.8. The van der Waals surface area contributed by atoms with Crippen molar-refractivity contribution < 1.29 is 28.7 Å². The molecule has 6 N–H and O–H groups in total. The van der Waals surface area contributed by atoms with Crippen LogP contribution in [0.5, 0.6) is 0 Å². The molecule has 0 saturated carbocycles. The molecule has 0 saturated heterocycles. The summed E-state index contributed by atoms with van der Waals surface area (Å²) >= 11 is 0. The normalized spacial score (nSPS) is 10.1. The number of nitrogens with one attached hydrogen (secondary N) is 6. The van der Waals surface area contributed by atoms with Crippen LogP contribution in [0.3, 0.4) is 0 Å². The molecule has 0 atom stereocenters. The molecule has 0 radical (unpaired) electrons. The van der Waals surface area contributed by atoms with Gasteiger partial charge in [-0.3, -0.25) is 10.6 Å². The first-order valence-electron chi connectivity index (χ1n) is 11.8. The number of ether oxygens (including phenoxy) is 2. The van der Waals surface area contributed by atoms with Crippen LogP contribution in [-0.2, 0) is 9.47 Å². The molecule has 3 rings (SSSR count). The maximum atomic E-state index is 12.7. The zero-order valence-electron chi connectivity index (χ0n) is 22.1. The number of benzene rings is 3. The van der Waals surface area contributed by atoms with Crippen LogP contribution in [0.2, 0.25) is 0 Å². The first-order valence-corrected chi connectivity index (χ1v) is 11.8. The van der Waals surface area contributed by atoms with Crippen molar-refractivity contribution in [2.45, 2.75) is 20.8 Å². The third kappa shape index (κ3) is 8.12. The third-order valence-corrected chi connectivity index (χ3v) is 5.58. The molecule has 0 aliphatic rings. The number of anilines is 6. The second-order valence-corrected chi connectivity index (χ2v) is 8.48. The van der Waals surface area contributed by atoms with Crippen LogP contribution in [0.4, 0.5) is 53.3 Å². The minimum atomic E-state index is -0.626. The Hall–Kier alpha value is -5.26. The molecule has 12 heteroatoms. The van der Waals surface area contributed by atoms with Crippen molar-refractivity contribution in [1.82, 2.24) is 0 Å². The smallest absolute Gasteiger partial charge is 0.411 e. The van der Waals surface area contributed by atoms with Crippen molar-refractivity contribution in [2.24, 2.45) is 0 Å². The quantitative estimate of drug-likeness (QED) is 0.219. The Labute approximate surface area is 225 Å². The van der Waals surface area contributed by atoms with Gasteiger partial charge in [-0.1, -0.05) is 18.2 Å². The van der Waals surface area contributed by atoms with Gasteiger partial charge in [-0.2, -0.15) is 0 Å². The summed E-state index contributed by atoms with van der Waals surface area (Å²) in [5.41, 5.74) is 5.15. The van der Waals surface area contributed by atoms with Gasteiger partial charge < -0.3 is 30.7 Å². The number of carbonyl (C=O) groups is 4. The Kier molecular flexibility index (Phi) is 9.30. The molecule has 3 aromatic rings. The predicted molar refractivity (Wildman–Crippen MR) is 151 cm³/mol. The van der Waals surface area contributed by atoms with Crippen molar-refractivity contribution in [3.05, 3.63) is 71.3 Å². The van der Waals surface area contributed by atoms with Crippen molar-refractivity contribution in [2.75, 3.05) is 46.1 Å². The second-order valence-electron chi connectivity index (χ2n) is 8.48. The minimum absolute atomic E-state index is 0.440. The Bertz CT molecular complexity index is 1410. The monoisotopic (exact) mass is 534 g/mol.